The molecule has 2 aromatic rings. The van der Waals surface area contributed by atoms with Gasteiger partial charge in [-0.2, -0.15) is 18.3 Å². The fraction of sp³-hybridized carbons (Fsp3) is 0.333. The van der Waals surface area contributed by atoms with E-state index < -0.39 is 23.9 Å². The number of halogens is 3. The molecule has 0 spiro atoms. The lowest BCUT2D eigenvalue weighted by atomic mass is 9.85. The molecule has 1 heterocycles. The van der Waals surface area contributed by atoms with Crippen LogP contribution in [0, 0.1) is 12.3 Å². The zero-order valence-electron chi connectivity index (χ0n) is 16.3. The van der Waals surface area contributed by atoms with Crippen molar-refractivity contribution in [2.75, 3.05) is 5.01 Å². The number of alkyl halides is 3. The van der Waals surface area contributed by atoms with Gasteiger partial charge in [-0.1, -0.05) is 35.9 Å². The molecule has 1 aliphatic heterocycles. The molecule has 1 amide bonds. The Bertz CT molecular complexity index is 894. The fourth-order valence-corrected chi connectivity index (χ4v) is 2.86. The third-order valence-corrected chi connectivity index (χ3v) is 4.88. The maximum atomic E-state index is 13.5. The van der Waals surface area contributed by atoms with E-state index in [-0.39, 0.29) is 12.1 Å². The first-order chi connectivity index (χ1) is 13.6. The second-order valence-electron chi connectivity index (χ2n) is 7.42. The molecule has 0 radical (unpaired) electrons. The molecule has 0 saturated heterocycles. The van der Waals surface area contributed by atoms with Crippen molar-refractivity contribution >= 4 is 17.5 Å². The molecule has 0 saturated carbocycles. The van der Waals surface area contributed by atoms with Gasteiger partial charge in [0.1, 0.15) is 17.3 Å². The van der Waals surface area contributed by atoms with Crippen LogP contribution in [0.4, 0.5) is 23.7 Å². The lowest BCUT2D eigenvalue weighted by Crippen LogP contribution is -2.46. The van der Waals surface area contributed by atoms with Crippen molar-refractivity contribution in [3.63, 3.8) is 0 Å². The molecule has 1 N–H and O–H groups in total. The molecule has 1 aliphatic rings. The van der Waals surface area contributed by atoms with Gasteiger partial charge in [-0.05, 0) is 45.0 Å². The number of para-hydroxylation sites is 1. The van der Waals surface area contributed by atoms with Crippen molar-refractivity contribution in [1.29, 1.82) is 0 Å². The van der Waals surface area contributed by atoms with E-state index in [1.54, 1.807) is 42.5 Å². The summed E-state index contributed by atoms with van der Waals surface area (Å²) >= 11 is 0. The number of ether oxygens (including phenoxy) is 1. The number of hydrazone groups is 1. The van der Waals surface area contributed by atoms with Crippen LogP contribution < -0.4 is 15.1 Å². The molecule has 5 nitrogen and oxygen atoms in total. The highest BCUT2D eigenvalue weighted by atomic mass is 19.4. The van der Waals surface area contributed by atoms with Gasteiger partial charge in [-0.3, -0.25) is 5.32 Å². The quantitative estimate of drug-likeness (QED) is 0.755. The summed E-state index contributed by atoms with van der Waals surface area (Å²) in [6.07, 6.45) is -6.11. The average Bonchev–Trinajstić information content (AvgIpc) is 3.06. The van der Waals surface area contributed by atoms with Crippen molar-refractivity contribution in [2.24, 2.45) is 10.5 Å². The van der Waals surface area contributed by atoms with Crippen LogP contribution >= 0.6 is 0 Å². The molecule has 3 rings (SSSR count). The summed E-state index contributed by atoms with van der Waals surface area (Å²) in [4.78, 5) is 12.3. The third-order valence-electron chi connectivity index (χ3n) is 4.88. The number of carbonyl (C=O) groups is 1. The predicted octanol–water partition coefficient (Wildman–Crippen LogP) is 5.26. The van der Waals surface area contributed by atoms with E-state index >= 15 is 0 Å². The first-order valence-corrected chi connectivity index (χ1v) is 9.12. The number of nitrogens with zero attached hydrogens (tertiary/aromatic N) is 2. The summed E-state index contributed by atoms with van der Waals surface area (Å²) in [5.41, 5.74) is -0.611. The van der Waals surface area contributed by atoms with E-state index in [1.165, 1.54) is 5.01 Å². The van der Waals surface area contributed by atoms with Crippen LogP contribution in [0.3, 0.4) is 0 Å². The highest BCUT2D eigenvalue weighted by molar-refractivity contribution is 5.94. The summed E-state index contributed by atoms with van der Waals surface area (Å²) in [6.45, 7) is 4.08. The van der Waals surface area contributed by atoms with Crippen molar-refractivity contribution in [3.8, 4) is 5.75 Å². The van der Waals surface area contributed by atoms with Gasteiger partial charge in [0.25, 0.3) is 0 Å². The maximum Gasteiger partial charge on any atom is 0.414 e. The molecule has 0 fully saturated rings. The first-order valence-electron chi connectivity index (χ1n) is 9.12. The molecule has 0 aromatic heterocycles. The highest BCUT2D eigenvalue weighted by Gasteiger charge is 2.53. The normalized spacial score (nSPS) is 17.1. The van der Waals surface area contributed by atoms with Crippen LogP contribution in [0.15, 0.2) is 59.7 Å². The predicted molar refractivity (Wildman–Crippen MR) is 105 cm³/mol. The Labute approximate surface area is 167 Å². The lowest BCUT2D eigenvalue weighted by molar-refractivity contribution is -0.186. The molecule has 1 unspecified atom stereocenters. The molecule has 29 heavy (non-hydrogen) atoms. The fourth-order valence-electron chi connectivity index (χ4n) is 2.86. The van der Waals surface area contributed by atoms with Crippen LogP contribution in [-0.2, 0) is 0 Å². The zero-order chi connectivity index (χ0) is 21.2. The summed E-state index contributed by atoms with van der Waals surface area (Å²) < 4.78 is 45.8. The minimum Gasteiger partial charge on any atom is -0.410 e. The van der Waals surface area contributed by atoms with Gasteiger partial charge in [0.15, 0.2) is 0 Å². The minimum absolute atomic E-state index is 0.0596. The van der Waals surface area contributed by atoms with Crippen LogP contribution in [0.5, 0.6) is 5.75 Å². The van der Waals surface area contributed by atoms with Gasteiger partial charge in [-0.25, -0.2) is 9.80 Å². The molecular weight excluding hydrogens is 383 g/mol. The number of hydrogen-bond acceptors (Lipinski definition) is 4. The smallest absolute Gasteiger partial charge is 0.410 e. The summed E-state index contributed by atoms with van der Waals surface area (Å²) in [5.74, 6) is 0.335. The summed E-state index contributed by atoms with van der Waals surface area (Å²) in [6, 6.07) is 15.6. The molecule has 8 heteroatoms. The SMILES string of the molecule is Cc1ccc(N2N=C(C(C)(C)C(F)(F)F)CC2NC(=O)Oc2ccccc2)cc1. The van der Waals surface area contributed by atoms with Crippen molar-refractivity contribution in [1.82, 2.24) is 5.32 Å². The number of nitrogens with one attached hydrogen (secondary N) is 1. The van der Waals surface area contributed by atoms with Crippen LogP contribution in [0.2, 0.25) is 0 Å². The monoisotopic (exact) mass is 405 g/mol. The standard InChI is InChI=1S/C21H22F3N3O2/c1-14-9-11-15(12-10-14)27-18(13-17(26-27)20(2,3)21(22,23)24)25-19(28)29-16-7-5-4-6-8-16/h4-12,18H,13H2,1-3H3,(H,25,28). The first kappa shape index (κ1) is 20.7. The van der Waals surface area contributed by atoms with E-state index in [1.807, 2.05) is 19.1 Å². The van der Waals surface area contributed by atoms with E-state index in [2.05, 4.69) is 10.4 Å². The van der Waals surface area contributed by atoms with Crippen molar-refractivity contribution < 1.29 is 22.7 Å². The number of anilines is 1. The highest BCUT2D eigenvalue weighted by Crippen LogP contribution is 2.42. The Kier molecular flexibility index (Phi) is 5.55. The number of hydrogen-bond donors (Lipinski definition) is 1. The van der Waals surface area contributed by atoms with Crippen LogP contribution in [0.25, 0.3) is 0 Å². The number of benzene rings is 2. The molecule has 154 valence electrons. The Morgan fingerprint density at radius 3 is 2.31 bits per heavy atom. The van der Waals surface area contributed by atoms with Crippen molar-refractivity contribution in [2.45, 2.75) is 39.5 Å². The molecular formula is C21H22F3N3O2. The van der Waals surface area contributed by atoms with Crippen molar-refractivity contribution in [3.05, 3.63) is 60.2 Å². The number of aryl methyl sites for hydroxylation is 1. The molecule has 2 aromatic carbocycles. The second-order valence-corrected chi connectivity index (χ2v) is 7.42. The van der Waals surface area contributed by atoms with Crippen LogP contribution in [-0.4, -0.2) is 24.1 Å². The zero-order valence-corrected chi connectivity index (χ0v) is 16.3. The average molecular weight is 405 g/mol. The van der Waals surface area contributed by atoms with E-state index in [9.17, 15) is 18.0 Å². The Balaban J connectivity index is 1.84. The van der Waals surface area contributed by atoms with E-state index in [4.69, 9.17) is 4.74 Å². The van der Waals surface area contributed by atoms with Crippen LogP contribution in [0.1, 0.15) is 25.8 Å². The summed E-state index contributed by atoms with van der Waals surface area (Å²) in [5, 5.41) is 8.25. The molecule has 0 bridgehead atoms. The van der Waals surface area contributed by atoms with Gasteiger partial charge in [-0.15, -0.1) is 0 Å². The van der Waals surface area contributed by atoms with Gasteiger partial charge in [0.05, 0.1) is 11.4 Å². The van der Waals surface area contributed by atoms with E-state index in [0.717, 1.165) is 19.4 Å². The van der Waals surface area contributed by atoms with Gasteiger partial charge in [0, 0.05) is 6.42 Å². The van der Waals surface area contributed by atoms with Gasteiger partial charge < -0.3 is 4.74 Å². The number of rotatable bonds is 4. The molecule has 1 atom stereocenters. The topological polar surface area (TPSA) is 53.9 Å². The van der Waals surface area contributed by atoms with E-state index in [0.29, 0.717) is 11.4 Å². The second kappa shape index (κ2) is 7.77. The van der Waals surface area contributed by atoms with Gasteiger partial charge in [0.2, 0.25) is 0 Å². The summed E-state index contributed by atoms with van der Waals surface area (Å²) in [7, 11) is 0. The van der Waals surface area contributed by atoms with Gasteiger partial charge >= 0.3 is 12.3 Å². The minimum atomic E-state index is -4.47. The lowest BCUT2D eigenvalue weighted by Gasteiger charge is -2.27. The Morgan fingerprint density at radius 2 is 1.72 bits per heavy atom. The maximum absolute atomic E-state index is 13.5. The molecule has 0 aliphatic carbocycles. The third kappa shape index (κ3) is 4.52. The largest absolute Gasteiger partial charge is 0.414 e. The number of carbonyl (C=O) groups excluding carboxylic acids is 1. The Morgan fingerprint density at radius 1 is 1.10 bits per heavy atom. The number of amides is 1. The Hall–Kier alpha value is -3.03.